The number of rotatable bonds is 5. The monoisotopic (exact) mass is 369 g/mol. The van der Waals surface area contributed by atoms with Crippen molar-refractivity contribution in [2.24, 2.45) is 0 Å². The Morgan fingerprint density at radius 1 is 1.07 bits per heavy atom. The molecular weight excluding hydrogens is 342 g/mol. The molecule has 2 aromatic rings. The summed E-state index contributed by atoms with van der Waals surface area (Å²) in [6.45, 7) is 2.43. The fourth-order valence-electron chi connectivity index (χ4n) is 4.17. The summed E-state index contributed by atoms with van der Waals surface area (Å²) in [6, 6.07) is 8.03. The molecule has 2 fully saturated rings. The second-order valence-corrected chi connectivity index (χ2v) is 7.72. The molecule has 2 aliphatic rings. The fraction of sp³-hybridized carbons (Fsp3) is 0.524. The largest absolute Gasteiger partial charge is 0.378 e. The normalized spacial score (nSPS) is 19.1. The molecule has 1 aliphatic heterocycles. The molecule has 1 aromatic carbocycles. The summed E-state index contributed by atoms with van der Waals surface area (Å²) in [5, 5.41) is 1.10. The van der Waals surface area contributed by atoms with Gasteiger partial charge in [-0.25, -0.2) is 0 Å². The zero-order valence-electron chi connectivity index (χ0n) is 15.9. The summed E-state index contributed by atoms with van der Waals surface area (Å²) >= 11 is 0. The van der Waals surface area contributed by atoms with Crippen molar-refractivity contribution in [3.05, 3.63) is 36.0 Å². The molecule has 1 saturated carbocycles. The lowest BCUT2D eigenvalue weighted by Crippen LogP contribution is -2.53. The Bertz CT molecular complexity index is 827. The first-order chi connectivity index (χ1) is 13.1. The molecular formula is C21H27N3O3. The predicted molar refractivity (Wildman–Crippen MR) is 103 cm³/mol. The molecule has 1 N–H and O–H groups in total. The molecule has 2 amide bonds. The highest BCUT2D eigenvalue weighted by Crippen LogP contribution is 2.38. The van der Waals surface area contributed by atoms with Gasteiger partial charge in [0, 0.05) is 50.4 Å². The van der Waals surface area contributed by atoms with Crippen molar-refractivity contribution in [2.45, 2.75) is 37.7 Å². The van der Waals surface area contributed by atoms with Gasteiger partial charge in [0.1, 0.15) is 0 Å². The van der Waals surface area contributed by atoms with Gasteiger partial charge in [-0.05, 0) is 30.9 Å². The second kappa shape index (κ2) is 7.35. The van der Waals surface area contributed by atoms with E-state index in [4.69, 9.17) is 4.74 Å². The highest BCUT2D eigenvalue weighted by molar-refractivity contribution is 5.89. The average Bonchev–Trinajstić information content (AvgIpc) is 3.07. The van der Waals surface area contributed by atoms with Crippen LogP contribution in [0, 0.1) is 0 Å². The van der Waals surface area contributed by atoms with Gasteiger partial charge in [-0.1, -0.05) is 18.2 Å². The molecule has 1 saturated heterocycles. The van der Waals surface area contributed by atoms with Crippen LogP contribution in [-0.4, -0.2) is 65.5 Å². The zero-order chi connectivity index (χ0) is 18.9. The van der Waals surface area contributed by atoms with Gasteiger partial charge in [-0.2, -0.15) is 0 Å². The lowest BCUT2D eigenvalue weighted by molar-refractivity contribution is -0.148. The Hall–Kier alpha value is -2.34. The van der Waals surface area contributed by atoms with Gasteiger partial charge in [0.25, 0.3) is 0 Å². The van der Waals surface area contributed by atoms with Crippen LogP contribution in [0.1, 0.15) is 31.2 Å². The van der Waals surface area contributed by atoms with Crippen LogP contribution >= 0.6 is 0 Å². The number of aromatic nitrogens is 1. The predicted octanol–water partition coefficient (Wildman–Crippen LogP) is 2.34. The maximum absolute atomic E-state index is 12.7. The Morgan fingerprint density at radius 3 is 2.37 bits per heavy atom. The van der Waals surface area contributed by atoms with Crippen LogP contribution in [0.25, 0.3) is 10.9 Å². The van der Waals surface area contributed by atoms with E-state index in [9.17, 15) is 9.59 Å². The van der Waals surface area contributed by atoms with Gasteiger partial charge >= 0.3 is 0 Å². The molecule has 0 atom stereocenters. The standard InChI is InChI=1S/C21H27N3O3/c1-27-21(7-4-8-21)14-20(26)24-11-9-23(10-12-24)19(25)13-16-15-22-18-6-3-2-5-17(16)18/h2-3,5-6,15,22H,4,7-14H2,1H3. The van der Waals surface area contributed by atoms with Crippen molar-refractivity contribution in [1.82, 2.24) is 14.8 Å². The topological polar surface area (TPSA) is 65.6 Å². The number of carbonyl (C=O) groups excluding carboxylic acids is 2. The van der Waals surface area contributed by atoms with Gasteiger partial charge in [0.05, 0.1) is 18.4 Å². The number of H-pyrrole nitrogens is 1. The lowest BCUT2D eigenvalue weighted by atomic mass is 9.77. The maximum Gasteiger partial charge on any atom is 0.227 e. The smallest absolute Gasteiger partial charge is 0.227 e. The lowest BCUT2D eigenvalue weighted by Gasteiger charge is -2.42. The Kier molecular flexibility index (Phi) is 4.91. The number of nitrogens with zero attached hydrogens (tertiary/aromatic N) is 2. The van der Waals surface area contributed by atoms with Crippen molar-refractivity contribution in [1.29, 1.82) is 0 Å². The van der Waals surface area contributed by atoms with Crippen LogP contribution in [0.3, 0.4) is 0 Å². The number of carbonyl (C=O) groups is 2. The molecule has 0 spiro atoms. The molecule has 2 heterocycles. The minimum atomic E-state index is -0.237. The van der Waals surface area contributed by atoms with Crippen LogP contribution in [-0.2, 0) is 20.7 Å². The molecule has 6 heteroatoms. The summed E-state index contributed by atoms with van der Waals surface area (Å²) in [5.41, 5.74) is 1.85. The van der Waals surface area contributed by atoms with E-state index in [1.807, 2.05) is 40.3 Å². The van der Waals surface area contributed by atoms with Gasteiger partial charge in [-0.3, -0.25) is 9.59 Å². The first kappa shape index (κ1) is 18.0. The first-order valence-corrected chi connectivity index (χ1v) is 9.76. The summed E-state index contributed by atoms with van der Waals surface area (Å²) in [7, 11) is 1.70. The van der Waals surface area contributed by atoms with E-state index >= 15 is 0 Å². The first-order valence-electron chi connectivity index (χ1n) is 9.76. The highest BCUT2D eigenvalue weighted by Gasteiger charge is 2.40. The number of aromatic amines is 1. The minimum absolute atomic E-state index is 0.124. The fourth-order valence-corrected chi connectivity index (χ4v) is 4.17. The summed E-state index contributed by atoms with van der Waals surface area (Å²) < 4.78 is 5.57. The number of hydrogen-bond acceptors (Lipinski definition) is 3. The number of fused-ring (bicyclic) bond motifs is 1. The summed E-state index contributed by atoms with van der Waals surface area (Å²) in [4.78, 5) is 32.3. The van der Waals surface area contributed by atoms with Crippen LogP contribution in [0.15, 0.2) is 30.5 Å². The van der Waals surface area contributed by atoms with E-state index in [-0.39, 0.29) is 17.4 Å². The molecule has 6 nitrogen and oxygen atoms in total. The molecule has 1 aliphatic carbocycles. The molecule has 0 radical (unpaired) electrons. The third-order valence-corrected chi connectivity index (χ3v) is 6.17. The number of piperazine rings is 1. The zero-order valence-corrected chi connectivity index (χ0v) is 15.9. The van der Waals surface area contributed by atoms with E-state index in [0.717, 1.165) is 35.7 Å². The quantitative estimate of drug-likeness (QED) is 0.880. The van der Waals surface area contributed by atoms with Gasteiger partial charge in [0.2, 0.25) is 11.8 Å². The van der Waals surface area contributed by atoms with Crippen molar-refractivity contribution >= 4 is 22.7 Å². The second-order valence-electron chi connectivity index (χ2n) is 7.72. The van der Waals surface area contributed by atoms with E-state index in [2.05, 4.69) is 4.98 Å². The third-order valence-electron chi connectivity index (χ3n) is 6.17. The van der Waals surface area contributed by atoms with Crippen LogP contribution in [0.5, 0.6) is 0 Å². The van der Waals surface area contributed by atoms with Crippen molar-refractivity contribution in [3.8, 4) is 0 Å². The summed E-state index contributed by atoms with van der Waals surface area (Å²) in [6.07, 6.45) is 5.86. The number of ether oxygens (including phenoxy) is 1. The SMILES string of the molecule is COC1(CC(=O)N2CCN(C(=O)Cc3c[nH]c4ccccc34)CC2)CCC1. The molecule has 27 heavy (non-hydrogen) atoms. The average molecular weight is 369 g/mol. The number of hydrogen-bond donors (Lipinski definition) is 1. The number of para-hydroxylation sites is 1. The maximum atomic E-state index is 12.7. The van der Waals surface area contributed by atoms with Crippen molar-refractivity contribution in [3.63, 3.8) is 0 Å². The highest BCUT2D eigenvalue weighted by atomic mass is 16.5. The minimum Gasteiger partial charge on any atom is -0.378 e. The number of nitrogens with one attached hydrogen (secondary N) is 1. The Morgan fingerprint density at radius 2 is 1.74 bits per heavy atom. The molecule has 1 aromatic heterocycles. The Labute approximate surface area is 159 Å². The number of amides is 2. The Balaban J connectivity index is 1.31. The van der Waals surface area contributed by atoms with E-state index in [0.29, 0.717) is 39.0 Å². The third kappa shape index (κ3) is 3.58. The van der Waals surface area contributed by atoms with Crippen LogP contribution < -0.4 is 0 Å². The van der Waals surface area contributed by atoms with Gasteiger partial charge < -0.3 is 19.5 Å². The molecule has 4 rings (SSSR count). The van der Waals surface area contributed by atoms with Crippen LogP contribution in [0.2, 0.25) is 0 Å². The van der Waals surface area contributed by atoms with Gasteiger partial charge in [0.15, 0.2) is 0 Å². The molecule has 0 bridgehead atoms. The molecule has 144 valence electrons. The van der Waals surface area contributed by atoms with Crippen molar-refractivity contribution < 1.29 is 14.3 Å². The van der Waals surface area contributed by atoms with Crippen LogP contribution in [0.4, 0.5) is 0 Å². The van der Waals surface area contributed by atoms with Crippen molar-refractivity contribution in [2.75, 3.05) is 33.3 Å². The van der Waals surface area contributed by atoms with E-state index in [1.54, 1.807) is 7.11 Å². The van der Waals surface area contributed by atoms with Gasteiger partial charge in [-0.15, -0.1) is 0 Å². The van der Waals surface area contributed by atoms with E-state index < -0.39 is 0 Å². The van der Waals surface area contributed by atoms with E-state index in [1.165, 1.54) is 0 Å². The number of methoxy groups -OCH3 is 1. The summed E-state index contributed by atoms with van der Waals surface area (Å²) in [5.74, 6) is 0.277. The molecule has 0 unspecified atom stereocenters. The number of benzene rings is 1.